The number of piperidine rings is 1. The summed E-state index contributed by atoms with van der Waals surface area (Å²) in [7, 11) is 1.62. The van der Waals surface area contributed by atoms with Crippen LogP contribution < -0.4 is 5.32 Å². The Kier molecular flexibility index (Phi) is 3.09. The van der Waals surface area contributed by atoms with Crippen molar-refractivity contribution in [2.45, 2.75) is 12.6 Å². The van der Waals surface area contributed by atoms with E-state index in [4.69, 9.17) is 4.74 Å². The van der Waals surface area contributed by atoms with Gasteiger partial charge in [-0.15, -0.1) is 0 Å². The third kappa shape index (κ3) is 1.92. The third-order valence-corrected chi connectivity index (χ3v) is 1.92. The molecule has 0 bridgehead atoms. The zero-order valence-corrected chi connectivity index (χ0v) is 6.27. The maximum absolute atomic E-state index is 12.9. The first-order valence-electron chi connectivity index (χ1n) is 3.68. The van der Waals surface area contributed by atoms with Crippen molar-refractivity contribution >= 4 is 0 Å². The average molecular weight is 147 g/mol. The summed E-state index contributed by atoms with van der Waals surface area (Å²) in [6, 6.07) is 0. The second-order valence-corrected chi connectivity index (χ2v) is 2.72. The van der Waals surface area contributed by atoms with Gasteiger partial charge in [-0.05, 0) is 13.0 Å². The minimum Gasteiger partial charge on any atom is -0.384 e. The molecule has 0 aromatic heterocycles. The standard InChI is InChI=1S/C7H14FNO/c1-10-5-6-2-3-9-4-7(6)8/h6-7,9H,2-5H2,1H3/t6-,7-/m0/s1. The summed E-state index contributed by atoms with van der Waals surface area (Å²) < 4.78 is 17.8. The van der Waals surface area contributed by atoms with E-state index in [1.54, 1.807) is 7.11 Å². The summed E-state index contributed by atoms with van der Waals surface area (Å²) in [6.45, 7) is 1.98. The minimum absolute atomic E-state index is 0.117. The van der Waals surface area contributed by atoms with Crippen LogP contribution in [0.2, 0.25) is 0 Å². The van der Waals surface area contributed by atoms with E-state index >= 15 is 0 Å². The molecule has 0 amide bonds. The maximum atomic E-state index is 12.9. The molecule has 10 heavy (non-hydrogen) atoms. The van der Waals surface area contributed by atoms with Crippen LogP contribution >= 0.6 is 0 Å². The molecule has 0 radical (unpaired) electrons. The molecule has 0 aliphatic carbocycles. The molecule has 1 N–H and O–H groups in total. The minimum atomic E-state index is -0.714. The van der Waals surface area contributed by atoms with Crippen LogP contribution in [0.3, 0.4) is 0 Å². The first-order valence-corrected chi connectivity index (χ1v) is 3.68. The number of rotatable bonds is 2. The Labute approximate surface area is 60.8 Å². The summed E-state index contributed by atoms with van der Waals surface area (Å²) in [5, 5.41) is 2.99. The molecule has 60 valence electrons. The highest BCUT2D eigenvalue weighted by Gasteiger charge is 2.23. The predicted molar refractivity (Wildman–Crippen MR) is 37.7 cm³/mol. The Balaban J connectivity index is 2.25. The lowest BCUT2D eigenvalue weighted by atomic mass is 9.97. The van der Waals surface area contributed by atoms with Crippen molar-refractivity contribution in [3.05, 3.63) is 0 Å². The van der Waals surface area contributed by atoms with Crippen molar-refractivity contribution in [3.8, 4) is 0 Å². The lowest BCUT2D eigenvalue weighted by molar-refractivity contribution is 0.0795. The number of halogens is 1. The largest absolute Gasteiger partial charge is 0.384 e. The molecular formula is C7H14FNO. The Bertz CT molecular complexity index is 97.6. The second kappa shape index (κ2) is 3.88. The molecular weight excluding hydrogens is 133 g/mol. The number of nitrogens with one attached hydrogen (secondary N) is 1. The molecule has 1 heterocycles. The Morgan fingerprint density at radius 2 is 2.50 bits per heavy atom. The van der Waals surface area contributed by atoms with Gasteiger partial charge in [-0.1, -0.05) is 0 Å². The van der Waals surface area contributed by atoms with Crippen molar-refractivity contribution in [3.63, 3.8) is 0 Å². The van der Waals surface area contributed by atoms with E-state index in [1.807, 2.05) is 0 Å². The van der Waals surface area contributed by atoms with Gasteiger partial charge in [0, 0.05) is 19.6 Å². The fraction of sp³-hybridized carbons (Fsp3) is 1.00. The van der Waals surface area contributed by atoms with Crippen molar-refractivity contribution in [1.29, 1.82) is 0 Å². The number of hydrogen-bond acceptors (Lipinski definition) is 2. The monoisotopic (exact) mass is 147 g/mol. The van der Waals surface area contributed by atoms with Crippen LogP contribution in [0.25, 0.3) is 0 Å². The van der Waals surface area contributed by atoms with Gasteiger partial charge in [-0.2, -0.15) is 0 Å². The highest BCUT2D eigenvalue weighted by atomic mass is 19.1. The van der Waals surface area contributed by atoms with Crippen molar-refractivity contribution < 1.29 is 9.13 Å². The van der Waals surface area contributed by atoms with E-state index in [9.17, 15) is 4.39 Å². The quantitative estimate of drug-likeness (QED) is 0.617. The molecule has 1 aliphatic heterocycles. The molecule has 0 aromatic carbocycles. The van der Waals surface area contributed by atoms with Gasteiger partial charge >= 0.3 is 0 Å². The molecule has 2 atom stereocenters. The smallest absolute Gasteiger partial charge is 0.118 e. The predicted octanol–water partition coefficient (Wildman–Crippen LogP) is 0.580. The normalized spacial score (nSPS) is 34.2. The van der Waals surface area contributed by atoms with Crippen LogP contribution in [0.5, 0.6) is 0 Å². The number of methoxy groups -OCH3 is 1. The van der Waals surface area contributed by atoms with Crippen LogP contribution in [0.1, 0.15) is 6.42 Å². The summed E-state index contributed by atoms with van der Waals surface area (Å²) in [5.74, 6) is 0.117. The Morgan fingerprint density at radius 3 is 3.10 bits per heavy atom. The topological polar surface area (TPSA) is 21.3 Å². The lowest BCUT2D eigenvalue weighted by Crippen LogP contribution is -2.39. The highest BCUT2D eigenvalue weighted by molar-refractivity contribution is 4.76. The molecule has 0 unspecified atom stereocenters. The van der Waals surface area contributed by atoms with Crippen LogP contribution in [-0.4, -0.2) is 33.0 Å². The maximum Gasteiger partial charge on any atom is 0.118 e. The summed E-state index contributed by atoms with van der Waals surface area (Å²) >= 11 is 0. The molecule has 1 rings (SSSR count). The Morgan fingerprint density at radius 1 is 1.70 bits per heavy atom. The van der Waals surface area contributed by atoms with Gasteiger partial charge in [-0.25, -0.2) is 4.39 Å². The summed E-state index contributed by atoms with van der Waals surface area (Å²) in [6.07, 6.45) is 0.184. The van der Waals surface area contributed by atoms with Crippen molar-refractivity contribution in [2.24, 2.45) is 5.92 Å². The number of ether oxygens (including phenoxy) is 1. The molecule has 1 saturated heterocycles. The zero-order valence-electron chi connectivity index (χ0n) is 6.27. The second-order valence-electron chi connectivity index (χ2n) is 2.72. The first kappa shape index (κ1) is 7.95. The van der Waals surface area contributed by atoms with Gasteiger partial charge < -0.3 is 10.1 Å². The van der Waals surface area contributed by atoms with Gasteiger partial charge in [-0.3, -0.25) is 0 Å². The third-order valence-electron chi connectivity index (χ3n) is 1.92. The zero-order chi connectivity index (χ0) is 7.40. The van der Waals surface area contributed by atoms with Gasteiger partial charge in [0.25, 0.3) is 0 Å². The molecule has 3 heteroatoms. The van der Waals surface area contributed by atoms with E-state index in [0.29, 0.717) is 13.2 Å². The SMILES string of the molecule is COC[C@@H]1CCNC[C@@H]1F. The van der Waals surface area contributed by atoms with Gasteiger partial charge in [0.1, 0.15) is 6.17 Å². The van der Waals surface area contributed by atoms with E-state index in [1.165, 1.54) is 0 Å². The van der Waals surface area contributed by atoms with Crippen LogP contribution in [0.4, 0.5) is 4.39 Å². The van der Waals surface area contributed by atoms with Gasteiger partial charge in [0.2, 0.25) is 0 Å². The number of alkyl halides is 1. The fourth-order valence-electron chi connectivity index (χ4n) is 1.28. The fourth-order valence-corrected chi connectivity index (χ4v) is 1.28. The van der Waals surface area contributed by atoms with E-state index in [2.05, 4.69) is 5.32 Å². The van der Waals surface area contributed by atoms with Crippen molar-refractivity contribution in [1.82, 2.24) is 5.32 Å². The first-order chi connectivity index (χ1) is 4.84. The van der Waals surface area contributed by atoms with Gasteiger partial charge in [0.15, 0.2) is 0 Å². The molecule has 0 aromatic rings. The molecule has 1 aliphatic rings. The summed E-state index contributed by atoms with van der Waals surface area (Å²) in [4.78, 5) is 0. The lowest BCUT2D eigenvalue weighted by Gasteiger charge is -2.25. The van der Waals surface area contributed by atoms with E-state index in [-0.39, 0.29) is 5.92 Å². The molecule has 1 fully saturated rings. The van der Waals surface area contributed by atoms with Crippen LogP contribution in [-0.2, 0) is 4.74 Å². The average Bonchev–Trinajstić information content (AvgIpc) is 1.94. The number of hydrogen-bond donors (Lipinski definition) is 1. The Hall–Kier alpha value is -0.150. The van der Waals surface area contributed by atoms with Crippen molar-refractivity contribution in [2.75, 3.05) is 26.8 Å². The highest BCUT2D eigenvalue weighted by Crippen LogP contribution is 2.15. The van der Waals surface area contributed by atoms with E-state index in [0.717, 1.165) is 13.0 Å². The molecule has 2 nitrogen and oxygen atoms in total. The molecule has 0 spiro atoms. The van der Waals surface area contributed by atoms with E-state index < -0.39 is 6.17 Å². The van der Waals surface area contributed by atoms with Crippen LogP contribution in [0.15, 0.2) is 0 Å². The summed E-state index contributed by atoms with van der Waals surface area (Å²) in [5.41, 5.74) is 0. The van der Waals surface area contributed by atoms with Crippen LogP contribution in [0, 0.1) is 5.92 Å². The van der Waals surface area contributed by atoms with Gasteiger partial charge in [0.05, 0.1) is 6.61 Å². The molecule has 0 saturated carbocycles.